The van der Waals surface area contributed by atoms with Crippen LogP contribution in [0.3, 0.4) is 0 Å². The van der Waals surface area contributed by atoms with Gasteiger partial charge in [-0.2, -0.15) is 0 Å². The van der Waals surface area contributed by atoms with Crippen LogP contribution < -0.4 is 10.6 Å². The average molecular weight is 362 g/mol. The number of carbonyl (C=O) groups excluding carboxylic acids is 1. The number of primary amides is 1. The second-order valence-corrected chi connectivity index (χ2v) is 6.80. The summed E-state index contributed by atoms with van der Waals surface area (Å²) in [7, 11) is 0. The third-order valence-electron chi connectivity index (χ3n) is 4.96. The maximum Gasteiger partial charge on any atom is 0.252 e. The smallest absolute Gasteiger partial charge is 0.252 e. The molecule has 0 saturated carbocycles. The van der Waals surface area contributed by atoms with Crippen LogP contribution in [0, 0.1) is 0 Å². The monoisotopic (exact) mass is 362 g/mol. The number of anilines is 1. The Bertz CT molecular complexity index is 923. The van der Waals surface area contributed by atoms with Crippen LogP contribution in [0.2, 0.25) is 0 Å². The molecule has 0 unspecified atom stereocenters. The lowest BCUT2D eigenvalue weighted by molar-refractivity contribution is 0.100. The number of hydrogen-bond acceptors (Lipinski definition) is 5. The molecule has 4 heterocycles. The quantitative estimate of drug-likeness (QED) is 0.751. The van der Waals surface area contributed by atoms with Gasteiger partial charge in [-0.15, -0.1) is 0 Å². The minimum absolute atomic E-state index is 0.271. The maximum atomic E-state index is 11.8. The number of imidazole rings is 1. The van der Waals surface area contributed by atoms with E-state index >= 15 is 0 Å². The first-order valence-corrected chi connectivity index (χ1v) is 9.12. The van der Waals surface area contributed by atoms with Crippen LogP contribution in [0.1, 0.15) is 40.5 Å². The highest BCUT2D eigenvalue weighted by atomic mass is 16.1. The summed E-state index contributed by atoms with van der Waals surface area (Å²) in [5.74, 6) is 1.55. The van der Waals surface area contributed by atoms with Crippen LogP contribution in [0.25, 0.3) is 0 Å². The van der Waals surface area contributed by atoms with Gasteiger partial charge in [-0.3, -0.25) is 9.78 Å². The van der Waals surface area contributed by atoms with Gasteiger partial charge >= 0.3 is 0 Å². The Kier molecular flexibility index (Phi) is 4.82. The van der Waals surface area contributed by atoms with Crippen LogP contribution >= 0.6 is 0 Å². The highest BCUT2D eigenvalue weighted by Gasteiger charge is 2.27. The van der Waals surface area contributed by atoms with Crippen molar-refractivity contribution in [2.45, 2.75) is 25.3 Å². The number of piperidine rings is 1. The van der Waals surface area contributed by atoms with Crippen molar-refractivity contribution in [3.63, 3.8) is 0 Å². The molecule has 4 rings (SSSR count). The van der Waals surface area contributed by atoms with Crippen molar-refractivity contribution in [1.82, 2.24) is 19.5 Å². The molecule has 1 amide bonds. The summed E-state index contributed by atoms with van der Waals surface area (Å²) in [4.78, 5) is 27.2. The van der Waals surface area contributed by atoms with E-state index in [0.29, 0.717) is 11.4 Å². The van der Waals surface area contributed by atoms with Crippen molar-refractivity contribution in [1.29, 1.82) is 0 Å². The number of nitrogens with zero attached hydrogens (tertiary/aromatic N) is 5. The first-order chi connectivity index (χ1) is 13.2. The summed E-state index contributed by atoms with van der Waals surface area (Å²) in [5, 5.41) is 0. The Labute approximate surface area is 157 Å². The molecule has 1 aliphatic heterocycles. The number of aromatic nitrogens is 4. The largest absolute Gasteiger partial charge is 0.365 e. The zero-order chi connectivity index (χ0) is 18.6. The van der Waals surface area contributed by atoms with E-state index in [1.54, 1.807) is 24.5 Å². The number of amides is 1. The van der Waals surface area contributed by atoms with Gasteiger partial charge in [0, 0.05) is 50.0 Å². The number of carbonyl (C=O) groups is 1. The summed E-state index contributed by atoms with van der Waals surface area (Å²) < 4.78 is 2.18. The molecular weight excluding hydrogens is 340 g/mol. The molecule has 3 aromatic heterocycles. The van der Waals surface area contributed by atoms with E-state index in [1.807, 2.05) is 24.7 Å². The topological polar surface area (TPSA) is 89.9 Å². The first-order valence-electron chi connectivity index (χ1n) is 9.12. The van der Waals surface area contributed by atoms with Gasteiger partial charge in [-0.05, 0) is 36.6 Å². The molecular formula is C20H22N6O. The van der Waals surface area contributed by atoms with E-state index in [9.17, 15) is 4.79 Å². The zero-order valence-corrected chi connectivity index (χ0v) is 15.0. The highest BCUT2D eigenvalue weighted by molar-refractivity contribution is 5.97. The van der Waals surface area contributed by atoms with Gasteiger partial charge in [-0.1, -0.05) is 6.07 Å². The molecule has 1 aliphatic rings. The van der Waals surface area contributed by atoms with Crippen molar-refractivity contribution >= 4 is 11.7 Å². The number of hydrogen-bond donors (Lipinski definition) is 1. The number of nitrogens with two attached hydrogens (primary N) is 1. The predicted octanol–water partition coefficient (Wildman–Crippen LogP) is 2.20. The van der Waals surface area contributed by atoms with Crippen LogP contribution in [0.15, 0.2) is 55.2 Å². The highest BCUT2D eigenvalue weighted by Crippen LogP contribution is 2.30. The summed E-state index contributed by atoms with van der Waals surface area (Å²) in [6.07, 6.45) is 11.3. The van der Waals surface area contributed by atoms with Crippen LogP contribution in [0.5, 0.6) is 0 Å². The molecule has 0 aliphatic carbocycles. The summed E-state index contributed by atoms with van der Waals surface area (Å²) >= 11 is 0. The van der Waals surface area contributed by atoms with Gasteiger partial charge in [0.25, 0.3) is 5.91 Å². The molecule has 0 aromatic carbocycles. The van der Waals surface area contributed by atoms with Gasteiger partial charge in [0.15, 0.2) is 0 Å². The lowest BCUT2D eigenvalue weighted by Crippen LogP contribution is -2.37. The molecule has 2 N–H and O–H groups in total. The first kappa shape index (κ1) is 17.2. The van der Waals surface area contributed by atoms with E-state index in [4.69, 9.17) is 5.73 Å². The molecule has 138 valence electrons. The Morgan fingerprint density at radius 1 is 1.19 bits per heavy atom. The van der Waals surface area contributed by atoms with Gasteiger partial charge in [0.1, 0.15) is 11.6 Å². The predicted molar refractivity (Wildman–Crippen MR) is 103 cm³/mol. The Hall–Kier alpha value is -3.22. The fourth-order valence-corrected chi connectivity index (χ4v) is 3.72. The minimum atomic E-state index is -0.446. The molecule has 1 fully saturated rings. The number of pyridine rings is 2. The van der Waals surface area contributed by atoms with E-state index in [2.05, 4.69) is 30.5 Å². The molecule has 27 heavy (non-hydrogen) atoms. The second kappa shape index (κ2) is 7.57. The zero-order valence-electron chi connectivity index (χ0n) is 15.0. The molecule has 1 atom stereocenters. The van der Waals surface area contributed by atoms with Gasteiger partial charge in [-0.25, -0.2) is 9.97 Å². The van der Waals surface area contributed by atoms with E-state index in [-0.39, 0.29) is 5.92 Å². The molecule has 0 bridgehead atoms. The molecule has 0 radical (unpaired) electrons. The normalized spacial score (nSPS) is 17.0. The molecule has 3 aromatic rings. The number of rotatable bonds is 5. The standard InChI is InChI=1S/C20H22N6O/c21-18(27)17-6-2-8-23-20(17)25-10-3-5-16(14-25)19-24-9-11-26(19)13-15-4-1-7-22-12-15/h1-2,4,6-9,11-12,16H,3,5,10,13-14H2,(H2,21,27)/t16-/m1/s1. The van der Waals surface area contributed by atoms with Crippen molar-refractivity contribution in [2.75, 3.05) is 18.0 Å². The second-order valence-electron chi connectivity index (χ2n) is 6.80. The third kappa shape index (κ3) is 3.67. The summed E-state index contributed by atoms with van der Waals surface area (Å²) in [6, 6.07) is 7.49. The van der Waals surface area contributed by atoms with Crippen LogP contribution in [-0.4, -0.2) is 38.5 Å². The van der Waals surface area contributed by atoms with Crippen LogP contribution in [-0.2, 0) is 6.54 Å². The fourth-order valence-electron chi connectivity index (χ4n) is 3.72. The Morgan fingerprint density at radius 3 is 2.89 bits per heavy atom. The Morgan fingerprint density at radius 2 is 2.07 bits per heavy atom. The lowest BCUT2D eigenvalue weighted by atomic mass is 9.96. The van der Waals surface area contributed by atoms with Crippen molar-refractivity contribution in [3.05, 3.63) is 72.2 Å². The van der Waals surface area contributed by atoms with Crippen molar-refractivity contribution in [2.24, 2.45) is 5.73 Å². The van der Waals surface area contributed by atoms with Gasteiger partial charge in [0.2, 0.25) is 0 Å². The van der Waals surface area contributed by atoms with E-state index in [1.165, 1.54) is 0 Å². The van der Waals surface area contributed by atoms with Gasteiger partial charge < -0.3 is 15.2 Å². The van der Waals surface area contributed by atoms with E-state index in [0.717, 1.165) is 43.9 Å². The third-order valence-corrected chi connectivity index (χ3v) is 4.96. The average Bonchev–Trinajstić information content (AvgIpc) is 3.17. The van der Waals surface area contributed by atoms with Crippen LogP contribution in [0.4, 0.5) is 5.82 Å². The molecule has 0 spiro atoms. The van der Waals surface area contributed by atoms with Crippen molar-refractivity contribution in [3.8, 4) is 0 Å². The fraction of sp³-hybridized carbons (Fsp3) is 0.300. The Balaban J connectivity index is 1.56. The summed E-state index contributed by atoms with van der Waals surface area (Å²) in [5.41, 5.74) is 7.15. The molecule has 7 nitrogen and oxygen atoms in total. The SMILES string of the molecule is NC(=O)c1cccnc1N1CCC[C@@H](c2nccn2Cc2cccnc2)C1. The minimum Gasteiger partial charge on any atom is -0.365 e. The molecule has 7 heteroatoms. The molecule has 1 saturated heterocycles. The van der Waals surface area contributed by atoms with Gasteiger partial charge in [0.05, 0.1) is 12.1 Å². The summed E-state index contributed by atoms with van der Waals surface area (Å²) in [6.45, 7) is 2.37. The van der Waals surface area contributed by atoms with E-state index < -0.39 is 5.91 Å². The van der Waals surface area contributed by atoms with Crippen molar-refractivity contribution < 1.29 is 4.79 Å². The maximum absolute atomic E-state index is 11.8. The lowest BCUT2D eigenvalue weighted by Gasteiger charge is -2.34.